The van der Waals surface area contributed by atoms with Gasteiger partial charge in [-0.15, -0.1) is 0 Å². The lowest BCUT2D eigenvalue weighted by Gasteiger charge is -2.29. The molecule has 0 radical (unpaired) electrons. The van der Waals surface area contributed by atoms with Gasteiger partial charge in [-0.25, -0.2) is 8.42 Å². The number of nitrogens with one attached hydrogen (secondary N) is 1. The highest BCUT2D eigenvalue weighted by Crippen LogP contribution is 2.18. The summed E-state index contributed by atoms with van der Waals surface area (Å²) in [6.07, 6.45) is 1.63. The van der Waals surface area contributed by atoms with Gasteiger partial charge in [0.1, 0.15) is 6.04 Å². The van der Waals surface area contributed by atoms with Crippen LogP contribution in [0.4, 0.5) is 5.69 Å². The summed E-state index contributed by atoms with van der Waals surface area (Å²) < 4.78 is 25.9. The van der Waals surface area contributed by atoms with Crippen molar-refractivity contribution in [3.05, 3.63) is 66.2 Å². The zero-order valence-corrected chi connectivity index (χ0v) is 20.7. The summed E-state index contributed by atoms with van der Waals surface area (Å²) in [7, 11) is -3.49. The first kappa shape index (κ1) is 26.4. The van der Waals surface area contributed by atoms with E-state index in [4.69, 9.17) is 0 Å². The molecule has 0 aromatic heterocycles. The third-order valence-electron chi connectivity index (χ3n) is 5.24. The summed E-state index contributed by atoms with van der Waals surface area (Å²) in [5.74, 6) is -0.0815. The number of rotatable bonds is 12. The van der Waals surface area contributed by atoms with Crippen molar-refractivity contribution in [1.29, 1.82) is 0 Å². The molecule has 1 atom stereocenters. The van der Waals surface area contributed by atoms with Crippen LogP contribution in [0.15, 0.2) is 60.7 Å². The molecule has 7 nitrogen and oxygen atoms in total. The minimum atomic E-state index is -3.49. The SMILES string of the molecule is CC(C)CNC(=O)[C@H](C)N(Cc1ccccc1)C(=O)CCCN(c1ccccc1)S(C)(=O)=O. The van der Waals surface area contributed by atoms with Gasteiger partial charge in [-0.3, -0.25) is 13.9 Å². The molecular weight excluding hydrogens is 438 g/mol. The number of hydrogen-bond acceptors (Lipinski definition) is 4. The van der Waals surface area contributed by atoms with Crippen LogP contribution in [0.3, 0.4) is 0 Å². The molecular formula is C25H35N3O4S. The quantitative estimate of drug-likeness (QED) is 0.512. The van der Waals surface area contributed by atoms with Crippen molar-refractivity contribution in [2.24, 2.45) is 5.92 Å². The molecule has 1 N–H and O–H groups in total. The summed E-state index contributed by atoms with van der Waals surface area (Å²) >= 11 is 0. The van der Waals surface area contributed by atoms with E-state index in [1.807, 2.05) is 50.2 Å². The summed E-state index contributed by atoms with van der Waals surface area (Å²) in [6.45, 7) is 6.78. The molecule has 0 saturated heterocycles. The van der Waals surface area contributed by atoms with Gasteiger partial charge in [-0.2, -0.15) is 0 Å². The van der Waals surface area contributed by atoms with Crippen molar-refractivity contribution in [1.82, 2.24) is 10.2 Å². The third kappa shape index (κ3) is 8.53. The van der Waals surface area contributed by atoms with Crippen LogP contribution in [0.25, 0.3) is 0 Å². The van der Waals surface area contributed by atoms with E-state index in [0.29, 0.717) is 31.1 Å². The fourth-order valence-electron chi connectivity index (χ4n) is 3.41. The normalized spacial score (nSPS) is 12.3. The Bertz CT molecular complexity index is 995. The number of hydrogen-bond donors (Lipinski definition) is 1. The highest BCUT2D eigenvalue weighted by Gasteiger charge is 2.26. The van der Waals surface area contributed by atoms with Crippen LogP contribution in [0.5, 0.6) is 0 Å². The molecule has 0 bridgehead atoms. The number of amides is 2. The lowest BCUT2D eigenvalue weighted by Crippen LogP contribution is -2.48. The molecule has 33 heavy (non-hydrogen) atoms. The van der Waals surface area contributed by atoms with Crippen molar-refractivity contribution in [2.45, 2.75) is 46.2 Å². The Morgan fingerprint density at radius 3 is 2.06 bits per heavy atom. The van der Waals surface area contributed by atoms with Gasteiger partial charge in [-0.1, -0.05) is 62.4 Å². The molecule has 8 heteroatoms. The van der Waals surface area contributed by atoms with E-state index >= 15 is 0 Å². The van der Waals surface area contributed by atoms with Crippen LogP contribution in [-0.2, 0) is 26.2 Å². The number of sulfonamides is 1. The smallest absolute Gasteiger partial charge is 0.242 e. The number of carbonyl (C=O) groups is 2. The van der Waals surface area contributed by atoms with Gasteiger partial charge in [0.05, 0.1) is 11.9 Å². The molecule has 2 rings (SSSR count). The summed E-state index contributed by atoms with van der Waals surface area (Å²) in [5, 5.41) is 2.90. The average molecular weight is 474 g/mol. The maximum absolute atomic E-state index is 13.2. The van der Waals surface area contributed by atoms with Gasteiger partial charge in [-0.05, 0) is 37.0 Å². The Morgan fingerprint density at radius 1 is 0.939 bits per heavy atom. The van der Waals surface area contributed by atoms with Crippen LogP contribution in [-0.4, -0.2) is 50.5 Å². The van der Waals surface area contributed by atoms with Crippen molar-refractivity contribution in [3.8, 4) is 0 Å². The number of nitrogens with zero attached hydrogens (tertiary/aromatic N) is 2. The van der Waals surface area contributed by atoms with E-state index in [9.17, 15) is 18.0 Å². The molecule has 2 amide bonds. The van der Waals surface area contributed by atoms with Gasteiger partial charge < -0.3 is 10.2 Å². The minimum Gasteiger partial charge on any atom is -0.354 e. The molecule has 2 aromatic carbocycles. The Labute approximate surface area is 197 Å². The zero-order valence-electron chi connectivity index (χ0n) is 19.9. The Hall–Kier alpha value is -2.87. The summed E-state index contributed by atoms with van der Waals surface area (Å²) in [4.78, 5) is 27.4. The highest BCUT2D eigenvalue weighted by molar-refractivity contribution is 7.92. The van der Waals surface area contributed by atoms with E-state index < -0.39 is 16.1 Å². The van der Waals surface area contributed by atoms with Gasteiger partial charge in [0, 0.05) is 26.1 Å². The van der Waals surface area contributed by atoms with Crippen LogP contribution in [0.2, 0.25) is 0 Å². The molecule has 0 aliphatic carbocycles. The number of para-hydroxylation sites is 1. The first-order chi connectivity index (χ1) is 15.6. The molecule has 0 aliphatic rings. The van der Waals surface area contributed by atoms with Crippen molar-refractivity contribution in [2.75, 3.05) is 23.7 Å². The van der Waals surface area contributed by atoms with Crippen LogP contribution in [0, 0.1) is 5.92 Å². The van der Waals surface area contributed by atoms with E-state index in [0.717, 1.165) is 11.8 Å². The maximum atomic E-state index is 13.2. The van der Waals surface area contributed by atoms with Crippen molar-refractivity contribution >= 4 is 27.5 Å². The van der Waals surface area contributed by atoms with E-state index in [2.05, 4.69) is 5.32 Å². The molecule has 0 spiro atoms. The lowest BCUT2D eigenvalue weighted by atomic mass is 10.1. The second kappa shape index (κ2) is 12.4. The first-order valence-electron chi connectivity index (χ1n) is 11.2. The van der Waals surface area contributed by atoms with Crippen LogP contribution < -0.4 is 9.62 Å². The zero-order chi connectivity index (χ0) is 24.4. The summed E-state index contributed by atoms with van der Waals surface area (Å²) in [6, 6.07) is 17.7. The molecule has 0 saturated carbocycles. The standard InChI is InChI=1S/C25H35N3O4S/c1-20(2)18-26-25(30)21(3)27(19-22-12-7-5-8-13-22)24(29)16-11-17-28(33(4,31)32)23-14-9-6-10-15-23/h5-10,12-15,20-21H,11,16-19H2,1-4H3,(H,26,30)/t21-/m0/s1. The fourth-order valence-corrected chi connectivity index (χ4v) is 4.38. The average Bonchev–Trinajstić information content (AvgIpc) is 2.78. The Kier molecular flexibility index (Phi) is 9.91. The fraction of sp³-hybridized carbons (Fsp3) is 0.440. The highest BCUT2D eigenvalue weighted by atomic mass is 32.2. The number of anilines is 1. The molecule has 0 fully saturated rings. The first-order valence-corrected chi connectivity index (χ1v) is 13.1. The molecule has 0 unspecified atom stereocenters. The number of benzene rings is 2. The third-order valence-corrected chi connectivity index (χ3v) is 6.44. The van der Waals surface area contributed by atoms with Crippen molar-refractivity contribution in [3.63, 3.8) is 0 Å². The van der Waals surface area contributed by atoms with E-state index in [1.165, 1.54) is 4.31 Å². The lowest BCUT2D eigenvalue weighted by molar-refractivity contribution is -0.140. The van der Waals surface area contributed by atoms with E-state index in [1.54, 1.807) is 36.1 Å². The Morgan fingerprint density at radius 2 is 1.52 bits per heavy atom. The van der Waals surface area contributed by atoms with Crippen molar-refractivity contribution < 1.29 is 18.0 Å². The second-order valence-corrected chi connectivity index (χ2v) is 10.5. The monoisotopic (exact) mass is 473 g/mol. The largest absolute Gasteiger partial charge is 0.354 e. The predicted molar refractivity (Wildman–Crippen MR) is 132 cm³/mol. The summed E-state index contributed by atoms with van der Waals surface area (Å²) in [5.41, 5.74) is 1.49. The molecule has 180 valence electrons. The van der Waals surface area contributed by atoms with Gasteiger partial charge in [0.2, 0.25) is 21.8 Å². The van der Waals surface area contributed by atoms with Gasteiger partial charge in [0.15, 0.2) is 0 Å². The van der Waals surface area contributed by atoms with E-state index in [-0.39, 0.29) is 24.8 Å². The maximum Gasteiger partial charge on any atom is 0.242 e. The molecule has 2 aromatic rings. The predicted octanol–water partition coefficient (Wildman–Crippen LogP) is 3.42. The molecule has 0 heterocycles. The van der Waals surface area contributed by atoms with Crippen LogP contribution in [0.1, 0.15) is 39.2 Å². The Balaban J connectivity index is 2.10. The minimum absolute atomic E-state index is 0.132. The number of carbonyl (C=O) groups excluding carboxylic acids is 2. The van der Waals surface area contributed by atoms with Crippen LogP contribution >= 0.6 is 0 Å². The van der Waals surface area contributed by atoms with Gasteiger partial charge in [0.25, 0.3) is 0 Å². The molecule has 0 aliphatic heterocycles. The topological polar surface area (TPSA) is 86.8 Å². The second-order valence-electron chi connectivity index (χ2n) is 8.60. The van der Waals surface area contributed by atoms with Gasteiger partial charge >= 0.3 is 0 Å².